The standard InChI is InChI=1S/C19H15ClFN3O2/c20-14-9-7-13(8-10-14)12-26-17-6-3-11-22-18(17)24-19(25)23-16-5-2-1-4-15(16)21/h1-11H,12H2,(H2,22,23,24,25). The zero-order valence-corrected chi connectivity index (χ0v) is 14.3. The zero-order valence-electron chi connectivity index (χ0n) is 13.6. The van der Waals surface area contributed by atoms with Crippen LogP contribution in [0.25, 0.3) is 0 Å². The number of para-hydroxylation sites is 1. The SMILES string of the molecule is O=C(Nc1ccccc1F)Nc1ncccc1OCc1ccc(Cl)cc1. The average Bonchev–Trinajstić information content (AvgIpc) is 2.64. The molecule has 0 radical (unpaired) electrons. The number of ether oxygens (including phenoxy) is 1. The number of hydrogen-bond acceptors (Lipinski definition) is 3. The van der Waals surface area contributed by atoms with Crippen LogP contribution >= 0.6 is 11.6 Å². The molecule has 132 valence electrons. The van der Waals surface area contributed by atoms with E-state index in [4.69, 9.17) is 16.3 Å². The first-order valence-corrected chi connectivity index (χ1v) is 8.14. The second-order valence-corrected chi connectivity index (χ2v) is 5.76. The van der Waals surface area contributed by atoms with Gasteiger partial charge in [-0.3, -0.25) is 5.32 Å². The molecule has 2 aromatic carbocycles. The maximum atomic E-state index is 13.6. The molecule has 1 heterocycles. The number of anilines is 2. The van der Waals surface area contributed by atoms with E-state index < -0.39 is 11.8 Å². The summed E-state index contributed by atoms with van der Waals surface area (Å²) in [5.74, 6) is 0.101. The molecule has 0 atom stereocenters. The number of nitrogens with zero attached hydrogens (tertiary/aromatic N) is 1. The van der Waals surface area contributed by atoms with Crippen LogP contribution in [-0.4, -0.2) is 11.0 Å². The van der Waals surface area contributed by atoms with Crippen LogP contribution in [0.5, 0.6) is 5.75 Å². The molecule has 0 aliphatic rings. The van der Waals surface area contributed by atoms with Crippen molar-refractivity contribution in [1.82, 2.24) is 4.98 Å². The number of halogens is 2. The van der Waals surface area contributed by atoms with Crippen molar-refractivity contribution in [1.29, 1.82) is 0 Å². The van der Waals surface area contributed by atoms with Crippen molar-refractivity contribution in [2.75, 3.05) is 10.6 Å². The van der Waals surface area contributed by atoms with Crippen LogP contribution in [0.2, 0.25) is 5.02 Å². The van der Waals surface area contributed by atoms with Crippen LogP contribution in [0.1, 0.15) is 5.56 Å². The van der Waals surface area contributed by atoms with Gasteiger partial charge >= 0.3 is 6.03 Å². The lowest BCUT2D eigenvalue weighted by Crippen LogP contribution is -2.21. The van der Waals surface area contributed by atoms with Gasteiger partial charge in [-0.15, -0.1) is 0 Å². The number of pyridine rings is 1. The fourth-order valence-corrected chi connectivity index (χ4v) is 2.29. The average molecular weight is 372 g/mol. The number of aromatic nitrogens is 1. The minimum atomic E-state index is -0.620. The van der Waals surface area contributed by atoms with Gasteiger partial charge in [0.25, 0.3) is 0 Å². The highest BCUT2D eigenvalue weighted by Crippen LogP contribution is 2.23. The highest BCUT2D eigenvalue weighted by molar-refractivity contribution is 6.30. The summed E-state index contributed by atoms with van der Waals surface area (Å²) in [4.78, 5) is 16.2. The third kappa shape index (κ3) is 4.70. The Balaban J connectivity index is 1.65. The molecule has 0 saturated carbocycles. The summed E-state index contributed by atoms with van der Waals surface area (Å²) in [7, 11) is 0. The lowest BCUT2D eigenvalue weighted by Gasteiger charge is -2.12. The molecule has 0 aliphatic carbocycles. The summed E-state index contributed by atoms with van der Waals surface area (Å²) in [6, 6.07) is 15.9. The molecule has 0 fully saturated rings. The third-order valence-corrected chi connectivity index (χ3v) is 3.68. The summed E-state index contributed by atoms with van der Waals surface area (Å²) in [6.07, 6.45) is 1.52. The smallest absolute Gasteiger partial charge is 0.325 e. The normalized spacial score (nSPS) is 10.2. The van der Waals surface area contributed by atoms with Crippen LogP contribution in [0.4, 0.5) is 20.7 Å². The molecule has 2 amide bonds. The minimum absolute atomic E-state index is 0.0737. The van der Waals surface area contributed by atoms with E-state index in [9.17, 15) is 9.18 Å². The van der Waals surface area contributed by atoms with Gasteiger partial charge in [-0.05, 0) is 42.0 Å². The lowest BCUT2D eigenvalue weighted by molar-refractivity contribution is 0.261. The maximum absolute atomic E-state index is 13.6. The number of carbonyl (C=O) groups is 1. The third-order valence-electron chi connectivity index (χ3n) is 3.43. The molecule has 3 aromatic rings. The number of nitrogens with one attached hydrogen (secondary N) is 2. The summed E-state index contributed by atoms with van der Waals surface area (Å²) in [5.41, 5.74) is 0.990. The van der Waals surface area contributed by atoms with Gasteiger partial charge in [-0.25, -0.2) is 14.2 Å². The number of rotatable bonds is 5. The van der Waals surface area contributed by atoms with Crippen LogP contribution in [-0.2, 0) is 6.61 Å². The Morgan fingerprint density at radius 2 is 1.81 bits per heavy atom. The predicted molar refractivity (Wildman–Crippen MR) is 99.1 cm³/mol. The van der Waals surface area contributed by atoms with E-state index >= 15 is 0 Å². The molecule has 0 unspecified atom stereocenters. The molecular formula is C19H15ClFN3O2. The van der Waals surface area contributed by atoms with E-state index in [1.54, 1.807) is 36.4 Å². The Morgan fingerprint density at radius 3 is 2.58 bits per heavy atom. The molecule has 5 nitrogen and oxygen atoms in total. The van der Waals surface area contributed by atoms with Crippen LogP contribution in [0.3, 0.4) is 0 Å². The summed E-state index contributed by atoms with van der Waals surface area (Å²) < 4.78 is 19.3. The Kier molecular flexibility index (Phi) is 5.66. The van der Waals surface area contributed by atoms with Gasteiger partial charge < -0.3 is 10.1 Å². The van der Waals surface area contributed by atoms with Crippen molar-refractivity contribution >= 4 is 29.1 Å². The lowest BCUT2D eigenvalue weighted by atomic mass is 10.2. The molecule has 7 heteroatoms. The minimum Gasteiger partial charge on any atom is -0.485 e. The molecule has 3 rings (SSSR count). The van der Waals surface area contributed by atoms with E-state index in [0.29, 0.717) is 10.8 Å². The Morgan fingerprint density at radius 1 is 1.04 bits per heavy atom. The van der Waals surface area contributed by atoms with Crippen molar-refractivity contribution in [2.45, 2.75) is 6.61 Å². The summed E-state index contributed by atoms with van der Waals surface area (Å²) >= 11 is 5.86. The van der Waals surface area contributed by atoms with Gasteiger partial charge in [0.2, 0.25) is 0 Å². The van der Waals surface area contributed by atoms with Gasteiger partial charge in [0.05, 0.1) is 5.69 Å². The maximum Gasteiger partial charge on any atom is 0.325 e. The first-order valence-electron chi connectivity index (χ1n) is 7.76. The topological polar surface area (TPSA) is 63.2 Å². The van der Waals surface area contributed by atoms with E-state index in [2.05, 4.69) is 15.6 Å². The fourth-order valence-electron chi connectivity index (χ4n) is 2.17. The molecule has 1 aromatic heterocycles. The van der Waals surface area contributed by atoms with E-state index in [0.717, 1.165) is 5.56 Å². The van der Waals surface area contributed by atoms with Gasteiger partial charge in [-0.2, -0.15) is 0 Å². The predicted octanol–water partition coefficient (Wildman–Crippen LogP) is 5.10. The monoisotopic (exact) mass is 371 g/mol. The van der Waals surface area contributed by atoms with Gasteiger partial charge in [0.15, 0.2) is 11.6 Å². The van der Waals surface area contributed by atoms with E-state index in [-0.39, 0.29) is 18.1 Å². The molecular weight excluding hydrogens is 357 g/mol. The van der Waals surface area contributed by atoms with Crippen molar-refractivity contribution in [2.24, 2.45) is 0 Å². The van der Waals surface area contributed by atoms with Crippen LogP contribution in [0, 0.1) is 5.82 Å². The van der Waals surface area contributed by atoms with Crippen LogP contribution in [0.15, 0.2) is 66.9 Å². The molecule has 2 N–H and O–H groups in total. The zero-order chi connectivity index (χ0) is 18.4. The number of urea groups is 1. The number of amides is 2. The second kappa shape index (κ2) is 8.31. The van der Waals surface area contributed by atoms with Crippen molar-refractivity contribution < 1.29 is 13.9 Å². The van der Waals surface area contributed by atoms with Gasteiger partial charge in [0, 0.05) is 11.2 Å². The quantitative estimate of drug-likeness (QED) is 0.656. The Hall–Kier alpha value is -3.12. The van der Waals surface area contributed by atoms with E-state index in [1.807, 2.05) is 12.1 Å². The van der Waals surface area contributed by atoms with Gasteiger partial charge in [0.1, 0.15) is 12.4 Å². The molecule has 0 aliphatic heterocycles. The van der Waals surface area contributed by atoms with E-state index in [1.165, 1.54) is 18.3 Å². The summed E-state index contributed by atoms with van der Waals surface area (Å²) in [5, 5.41) is 5.63. The summed E-state index contributed by atoms with van der Waals surface area (Å²) in [6.45, 7) is 0.284. The van der Waals surface area contributed by atoms with Crippen LogP contribution < -0.4 is 15.4 Å². The highest BCUT2D eigenvalue weighted by Gasteiger charge is 2.11. The molecule has 0 saturated heterocycles. The Bertz CT molecular complexity index is 903. The number of hydrogen-bond donors (Lipinski definition) is 2. The van der Waals surface area contributed by atoms with Gasteiger partial charge in [-0.1, -0.05) is 35.9 Å². The van der Waals surface area contributed by atoms with Crippen molar-refractivity contribution in [3.63, 3.8) is 0 Å². The largest absolute Gasteiger partial charge is 0.485 e. The first-order chi connectivity index (χ1) is 12.6. The van der Waals surface area contributed by atoms with Crippen molar-refractivity contribution in [3.05, 3.63) is 83.3 Å². The highest BCUT2D eigenvalue weighted by atomic mass is 35.5. The fraction of sp³-hybridized carbons (Fsp3) is 0.0526. The first kappa shape index (κ1) is 17.7. The number of carbonyl (C=O) groups excluding carboxylic acids is 1. The molecule has 0 spiro atoms. The molecule has 26 heavy (non-hydrogen) atoms. The van der Waals surface area contributed by atoms with Crippen molar-refractivity contribution in [3.8, 4) is 5.75 Å². The number of benzene rings is 2. The Labute approximate surface area is 154 Å². The molecule has 0 bridgehead atoms. The second-order valence-electron chi connectivity index (χ2n) is 5.32.